The Labute approximate surface area is 128 Å². The summed E-state index contributed by atoms with van der Waals surface area (Å²) < 4.78 is 0. The number of pyridine rings is 1. The molecule has 0 saturated carbocycles. The highest BCUT2D eigenvalue weighted by Crippen LogP contribution is 2.40. The summed E-state index contributed by atoms with van der Waals surface area (Å²) in [6.45, 7) is 4.27. The average molecular weight is 281 g/mol. The number of aryl methyl sites for hydroxylation is 2. The van der Waals surface area contributed by atoms with E-state index < -0.39 is 0 Å². The molecule has 0 amide bonds. The van der Waals surface area contributed by atoms with Crippen molar-refractivity contribution < 1.29 is 0 Å². The number of aromatic nitrogens is 1. The van der Waals surface area contributed by atoms with Gasteiger partial charge in [0.05, 0.1) is 5.52 Å². The van der Waals surface area contributed by atoms with Gasteiger partial charge in [0.15, 0.2) is 0 Å². The van der Waals surface area contributed by atoms with E-state index in [2.05, 4.69) is 68.4 Å². The van der Waals surface area contributed by atoms with Gasteiger partial charge in [0.2, 0.25) is 0 Å². The van der Waals surface area contributed by atoms with Gasteiger partial charge in [-0.2, -0.15) is 0 Å². The molecule has 22 heavy (non-hydrogen) atoms. The molecule has 0 unspecified atom stereocenters. The Bertz CT molecular complexity index is 1180. The van der Waals surface area contributed by atoms with Gasteiger partial charge in [-0.1, -0.05) is 48.5 Å². The quantitative estimate of drug-likeness (QED) is 0.260. The molecule has 5 rings (SSSR count). The van der Waals surface area contributed by atoms with E-state index in [0.29, 0.717) is 0 Å². The van der Waals surface area contributed by atoms with E-state index >= 15 is 0 Å². The Kier molecular flexibility index (Phi) is 2.14. The standard InChI is InChI=1S/C21H15N/c1-12-9-10-14-5-3-7-16-17-8-4-6-15-11-13(2)22-21(20(15)17)18(12)19(14)16/h3-11H,1-2H3. The first-order chi connectivity index (χ1) is 10.7. The monoisotopic (exact) mass is 281 g/mol. The van der Waals surface area contributed by atoms with Crippen LogP contribution in [0.2, 0.25) is 0 Å². The summed E-state index contributed by atoms with van der Waals surface area (Å²) in [4.78, 5) is 4.92. The van der Waals surface area contributed by atoms with Crippen LogP contribution in [0.1, 0.15) is 11.3 Å². The van der Waals surface area contributed by atoms with Crippen LogP contribution in [0, 0.1) is 13.8 Å². The first-order valence-electron chi connectivity index (χ1n) is 7.67. The van der Waals surface area contributed by atoms with E-state index in [0.717, 1.165) is 11.2 Å². The molecule has 0 N–H and O–H groups in total. The van der Waals surface area contributed by atoms with Gasteiger partial charge >= 0.3 is 0 Å². The van der Waals surface area contributed by atoms with Crippen LogP contribution in [-0.2, 0) is 0 Å². The molecule has 0 saturated heterocycles. The van der Waals surface area contributed by atoms with Gasteiger partial charge in [-0.3, -0.25) is 4.98 Å². The third-order valence-electron chi connectivity index (χ3n) is 4.77. The lowest BCUT2D eigenvalue weighted by Gasteiger charge is -2.15. The molecular formula is C21H15N. The Balaban J connectivity index is 2.31. The highest BCUT2D eigenvalue weighted by Gasteiger charge is 2.15. The fraction of sp³-hybridized carbons (Fsp3) is 0.0952. The van der Waals surface area contributed by atoms with Crippen LogP contribution in [0.25, 0.3) is 43.2 Å². The minimum atomic E-state index is 1.08. The summed E-state index contributed by atoms with van der Waals surface area (Å²) in [6, 6.07) is 19.8. The van der Waals surface area contributed by atoms with Crippen LogP contribution in [0.3, 0.4) is 0 Å². The van der Waals surface area contributed by atoms with Gasteiger partial charge in [0.1, 0.15) is 0 Å². The summed E-state index contributed by atoms with van der Waals surface area (Å²) in [6.07, 6.45) is 0. The summed E-state index contributed by atoms with van der Waals surface area (Å²) >= 11 is 0. The molecule has 104 valence electrons. The third kappa shape index (κ3) is 1.36. The second kappa shape index (κ2) is 3.95. The predicted molar refractivity (Wildman–Crippen MR) is 94.9 cm³/mol. The van der Waals surface area contributed by atoms with Crippen LogP contribution >= 0.6 is 0 Å². The number of rotatable bonds is 0. The lowest BCUT2D eigenvalue weighted by atomic mass is 9.90. The zero-order valence-corrected chi connectivity index (χ0v) is 12.6. The molecule has 0 atom stereocenters. The minimum absolute atomic E-state index is 1.08. The molecule has 1 heterocycles. The Hall–Kier alpha value is -2.67. The second-order valence-corrected chi connectivity index (χ2v) is 6.18. The van der Waals surface area contributed by atoms with Crippen molar-refractivity contribution in [2.24, 2.45) is 0 Å². The van der Waals surface area contributed by atoms with E-state index in [-0.39, 0.29) is 0 Å². The van der Waals surface area contributed by atoms with Crippen molar-refractivity contribution in [1.29, 1.82) is 0 Å². The normalized spacial score (nSPS) is 12.1. The van der Waals surface area contributed by atoms with Crippen LogP contribution in [-0.4, -0.2) is 4.98 Å². The van der Waals surface area contributed by atoms with E-state index in [9.17, 15) is 0 Å². The summed E-state index contributed by atoms with van der Waals surface area (Å²) in [7, 11) is 0. The molecule has 0 aliphatic rings. The van der Waals surface area contributed by atoms with Gasteiger partial charge in [-0.25, -0.2) is 0 Å². The number of benzene rings is 4. The fourth-order valence-corrected chi connectivity index (χ4v) is 3.86. The molecule has 1 aromatic heterocycles. The van der Waals surface area contributed by atoms with E-state index in [1.54, 1.807) is 0 Å². The fourth-order valence-electron chi connectivity index (χ4n) is 3.86. The van der Waals surface area contributed by atoms with Crippen molar-refractivity contribution in [3.05, 3.63) is 65.9 Å². The lowest BCUT2D eigenvalue weighted by molar-refractivity contribution is 1.27. The first-order valence-corrected chi connectivity index (χ1v) is 7.67. The molecule has 0 aliphatic heterocycles. The molecule has 0 bridgehead atoms. The SMILES string of the molecule is Cc1cc2cccc3c4cccc5ccc(C)c(c(n1)c23)c54. The maximum atomic E-state index is 4.92. The molecule has 4 aromatic carbocycles. The Morgan fingerprint density at radius 2 is 1.41 bits per heavy atom. The van der Waals surface area contributed by atoms with Crippen molar-refractivity contribution in [3.8, 4) is 0 Å². The largest absolute Gasteiger partial charge is 0.252 e. The van der Waals surface area contributed by atoms with Crippen LogP contribution < -0.4 is 0 Å². The molecule has 0 radical (unpaired) electrons. The van der Waals surface area contributed by atoms with Gasteiger partial charge in [0, 0.05) is 16.5 Å². The molecule has 0 spiro atoms. The van der Waals surface area contributed by atoms with Crippen molar-refractivity contribution in [2.45, 2.75) is 13.8 Å². The van der Waals surface area contributed by atoms with E-state index in [4.69, 9.17) is 4.98 Å². The molecule has 1 nitrogen and oxygen atoms in total. The number of hydrogen-bond donors (Lipinski definition) is 0. The van der Waals surface area contributed by atoms with E-state index in [1.165, 1.54) is 43.3 Å². The van der Waals surface area contributed by atoms with Crippen LogP contribution in [0.15, 0.2) is 54.6 Å². The average Bonchev–Trinajstić information content (AvgIpc) is 2.52. The molecule has 5 aromatic rings. The van der Waals surface area contributed by atoms with Gasteiger partial charge in [-0.05, 0) is 52.4 Å². The highest BCUT2D eigenvalue weighted by atomic mass is 14.7. The first kappa shape index (κ1) is 11.9. The van der Waals surface area contributed by atoms with Gasteiger partial charge in [-0.15, -0.1) is 0 Å². The second-order valence-electron chi connectivity index (χ2n) is 6.18. The maximum absolute atomic E-state index is 4.92. The van der Waals surface area contributed by atoms with Crippen LogP contribution in [0.5, 0.6) is 0 Å². The van der Waals surface area contributed by atoms with Crippen molar-refractivity contribution in [1.82, 2.24) is 4.98 Å². The van der Waals surface area contributed by atoms with Gasteiger partial charge in [0.25, 0.3) is 0 Å². The Morgan fingerprint density at radius 3 is 2.23 bits per heavy atom. The smallest absolute Gasteiger partial charge is 0.0798 e. The number of hydrogen-bond acceptors (Lipinski definition) is 1. The van der Waals surface area contributed by atoms with Crippen molar-refractivity contribution in [2.75, 3.05) is 0 Å². The topological polar surface area (TPSA) is 12.9 Å². The summed E-state index contributed by atoms with van der Waals surface area (Å²) in [5, 5.41) is 9.17. The van der Waals surface area contributed by atoms with Crippen molar-refractivity contribution in [3.63, 3.8) is 0 Å². The lowest BCUT2D eigenvalue weighted by Crippen LogP contribution is -1.92. The molecule has 0 aliphatic carbocycles. The molecule has 1 heteroatoms. The maximum Gasteiger partial charge on any atom is 0.0798 e. The molecule has 0 fully saturated rings. The number of nitrogens with zero attached hydrogens (tertiary/aromatic N) is 1. The molecular weight excluding hydrogens is 266 g/mol. The van der Waals surface area contributed by atoms with Gasteiger partial charge < -0.3 is 0 Å². The number of fused-ring (bicyclic) bond motifs is 2. The zero-order valence-electron chi connectivity index (χ0n) is 12.6. The van der Waals surface area contributed by atoms with Crippen molar-refractivity contribution >= 4 is 43.2 Å². The zero-order chi connectivity index (χ0) is 14.8. The Morgan fingerprint density at radius 1 is 0.682 bits per heavy atom. The predicted octanol–water partition coefficient (Wildman–Crippen LogP) is 5.75. The van der Waals surface area contributed by atoms with E-state index in [1.807, 2.05) is 0 Å². The van der Waals surface area contributed by atoms with Crippen LogP contribution in [0.4, 0.5) is 0 Å². The third-order valence-corrected chi connectivity index (χ3v) is 4.77. The highest BCUT2D eigenvalue weighted by molar-refractivity contribution is 6.32. The summed E-state index contributed by atoms with van der Waals surface area (Å²) in [5.41, 5.74) is 3.52. The summed E-state index contributed by atoms with van der Waals surface area (Å²) in [5.74, 6) is 0. The minimum Gasteiger partial charge on any atom is -0.252 e.